The Bertz CT molecular complexity index is 754. The molecule has 5 nitrogen and oxygen atoms in total. The van der Waals surface area contributed by atoms with Gasteiger partial charge in [0.1, 0.15) is 6.42 Å². The minimum absolute atomic E-state index is 0.0335. The summed E-state index contributed by atoms with van der Waals surface area (Å²) in [5, 5.41) is 12.0. The molecule has 1 N–H and O–H groups in total. The average molecular weight is 255 g/mol. The standard InChI is InChI=1S/C14H13N3O2/c1-9-7-10-8-11(16-13(18)5-6-15)3-4-12(10)17(2)14(9)19/h3-4,7-8H,5H2,1-2H3,(H,16,18). The molecule has 0 saturated heterocycles. The summed E-state index contributed by atoms with van der Waals surface area (Å²) in [5.41, 5.74) is 2.03. The van der Waals surface area contributed by atoms with Gasteiger partial charge in [-0.1, -0.05) is 0 Å². The van der Waals surface area contributed by atoms with Gasteiger partial charge in [-0.25, -0.2) is 0 Å². The number of pyridine rings is 1. The number of amides is 1. The number of aromatic nitrogens is 1. The van der Waals surface area contributed by atoms with E-state index in [-0.39, 0.29) is 17.9 Å². The first-order valence-corrected chi connectivity index (χ1v) is 5.80. The van der Waals surface area contributed by atoms with Crippen molar-refractivity contribution in [1.29, 1.82) is 5.26 Å². The number of carbonyl (C=O) groups excluding carboxylic acids is 1. The molecule has 0 atom stereocenters. The Balaban J connectivity index is 2.47. The molecule has 0 aliphatic rings. The monoisotopic (exact) mass is 255 g/mol. The molecule has 1 aromatic heterocycles. The first-order chi connectivity index (χ1) is 9.02. The summed E-state index contributed by atoms with van der Waals surface area (Å²) < 4.78 is 1.57. The van der Waals surface area contributed by atoms with Crippen LogP contribution in [0.4, 0.5) is 5.69 Å². The predicted molar refractivity (Wildman–Crippen MR) is 72.8 cm³/mol. The molecule has 0 spiro atoms. The molecule has 0 fully saturated rings. The van der Waals surface area contributed by atoms with Crippen LogP contribution in [0.1, 0.15) is 12.0 Å². The van der Waals surface area contributed by atoms with Crippen LogP contribution < -0.4 is 10.9 Å². The maximum Gasteiger partial charge on any atom is 0.253 e. The van der Waals surface area contributed by atoms with E-state index >= 15 is 0 Å². The molecule has 0 bridgehead atoms. The normalized spacial score (nSPS) is 10.2. The molecular formula is C14H13N3O2. The smallest absolute Gasteiger partial charge is 0.253 e. The Morgan fingerprint density at radius 2 is 2.16 bits per heavy atom. The van der Waals surface area contributed by atoms with Crippen molar-refractivity contribution in [3.63, 3.8) is 0 Å². The van der Waals surface area contributed by atoms with E-state index in [4.69, 9.17) is 5.26 Å². The first kappa shape index (κ1) is 12.8. The van der Waals surface area contributed by atoms with Gasteiger partial charge < -0.3 is 9.88 Å². The number of carbonyl (C=O) groups is 1. The van der Waals surface area contributed by atoms with Crippen LogP contribution in [0, 0.1) is 18.3 Å². The van der Waals surface area contributed by atoms with Crippen LogP contribution >= 0.6 is 0 Å². The topological polar surface area (TPSA) is 74.9 Å². The van der Waals surface area contributed by atoms with E-state index in [1.54, 1.807) is 48.9 Å². The highest BCUT2D eigenvalue weighted by Gasteiger charge is 2.06. The molecule has 0 radical (unpaired) electrons. The lowest BCUT2D eigenvalue weighted by atomic mass is 10.1. The van der Waals surface area contributed by atoms with Gasteiger partial charge in [-0.2, -0.15) is 5.26 Å². The molecule has 19 heavy (non-hydrogen) atoms. The lowest BCUT2D eigenvalue weighted by molar-refractivity contribution is -0.115. The lowest BCUT2D eigenvalue weighted by Crippen LogP contribution is -2.19. The number of rotatable bonds is 2. The van der Waals surface area contributed by atoms with Gasteiger partial charge in [0.15, 0.2) is 0 Å². The Labute approximate surface area is 110 Å². The fourth-order valence-corrected chi connectivity index (χ4v) is 2.00. The second kappa shape index (κ2) is 4.94. The van der Waals surface area contributed by atoms with Crippen LogP contribution in [0.15, 0.2) is 29.1 Å². The lowest BCUT2D eigenvalue weighted by Gasteiger charge is -2.09. The molecular weight excluding hydrogens is 242 g/mol. The van der Waals surface area contributed by atoms with E-state index in [9.17, 15) is 9.59 Å². The fourth-order valence-electron chi connectivity index (χ4n) is 2.00. The molecule has 5 heteroatoms. The number of aryl methyl sites for hydroxylation is 2. The molecule has 0 aliphatic heterocycles. The number of fused-ring (bicyclic) bond motifs is 1. The van der Waals surface area contributed by atoms with Crippen molar-refractivity contribution in [1.82, 2.24) is 4.57 Å². The number of nitriles is 1. The van der Waals surface area contributed by atoms with E-state index < -0.39 is 0 Å². The minimum atomic E-state index is -0.344. The zero-order valence-electron chi connectivity index (χ0n) is 10.7. The third-order valence-electron chi connectivity index (χ3n) is 2.93. The zero-order valence-corrected chi connectivity index (χ0v) is 10.7. The molecule has 0 unspecified atom stereocenters. The highest BCUT2D eigenvalue weighted by Crippen LogP contribution is 2.18. The van der Waals surface area contributed by atoms with Crippen LogP contribution in [0.25, 0.3) is 10.9 Å². The van der Waals surface area contributed by atoms with Crippen LogP contribution in [0.3, 0.4) is 0 Å². The Morgan fingerprint density at radius 1 is 1.42 bits per heavy atom. The summed E-state index contributed by atoms with van der Waals surface area (Å²) in [4.78, 5) is 23.1. The van der Waals surface area contributed by atoms with Crippen LogP contribution in [0.5, 0.6) is 0 Å². The quantitative estimate of drug-likeness (QED) is 0.887. The Morgan fingerprint density at radius 3 is 2.84 bits per heavy atom. The number of nitrogens with zero attached hydrogens (tertiary/aromatic N) is 2. The van der Waals surface area contributed by atoms with Crippen molar-refractivity contribution in [2.45, 2.75) is 13.3 Å². The summed E-state index contributed by atoms with van der Waals surface area (Å²) >= 11 is 0. The molecule has 2 aromatic rings. The largest absolute Gasteiger partial charge is 0.325 e. The van der Waals surface area contributed by atoms with Gasteiger partial charge in [0.05, 0.1) is 11.6 Å². The molecule has 2 rings (SSSR count). The van der Waals surface area contributed by atoms with Gasteiger partial charge in [-0.3, -0.25) is 9.59 Å². The van der Waals surface area contributed by atoms with E-state index in [1.165, 1.54) is 0 Å². The van der Waals surface area contributed by atoms with Gasteiger partial charge >= 0.3 is 0 Å². The Kier molecular flexibility index (Phi) is 3.34. The van der Waals surface area contributed by atoms with Crippen molar-refractivity contribution >= 4 is 22.5 Å². The van der Waals surface area contributed by atoms with E-state index in [2.05, 4.69) is 5.32 Å². The van der Waals surface area contributed by atoms with Gasteiger partial charge in [0.25, 0.3) is 5.56 Å². The molecule has 96 valence electrons. The van der Waals surface area contributed by atoms with Gasteiger partial charge in [-0.05, 0) is 31.2 Å². The summed E-state index contributed by atoms with van der Waals surface area (Å²) in [5.74, 6) is -0.344. The van der Waals surface area contributed by atoms with Crippen LogP contribution in [-0.4, -0.2) is 10.5 Å². The molecule has 0 saturated carbocycles. The highest BCUT2D eigenvalue weighted by molar-refractivity contribution is 5.94. The summed E-state index contributed by atoms with van der Waals surface area (Å²) in [6.45, 7) is 1.75. The first-order valence-electron chi connectivity index (χ1n) is 5.80. The second-order valence-corrected chi connectivity index (χ2v) is 4.35. The minimum Gasteiger partial charge on any atom is -0.325 e. The maximum atomic E-state index is 11.8. The SMILES string of the molecule is Cc1cc2cc(NC(=O)CC#N)ccc2n(C)c1=O. The third-order valence-corrected chi connectivity index (χ3v) is 2.93. The Hall–Kier alpha value is -2.61. The van der Waals surface area contributed by atoms with Gasteiger partial charge in [0.2, 0.25) is 5.91 Å². The van der Waals surface area contributed by atoms with Gasteiger partial charge in [0, 0.05) is 23.7 Å². The van der Waals surface area contributed by atoms with Crippen molar-refractivity contribution in [3.05, 3.63) is 40.2 Å². The highest BCUT2D eigenvalue weighted by atomic mass is 16.1. The third kappa shape index (κ3) is 2.47. The fraction of sp³-hybridized carbons (Fsp3) is 0.214. The molecule has 0 aliphatic carbocycles. The van der Waals surface area contributed by atoms with Gasteiger partial charge in [-0.15, -0.1) is 0 Å². The summed E-state index contributed by atoms with van der Waals surface area (Å²) in [6.07, 6.45) is -0.176. The molecule has 1 amide bonds. The number of hydrogen-bond donors (Lipinski definition) is 1. The van der Waals surface area contributed by atoms with E-state index in [0.29, 0.717) is 11.3 Å². The van der Waals surface area contributed by atoms with Crippen molar-refractivity contribution in [3.8, 4) is 6.07 Å². The predicted octanol–water partition coefficient (Wildman–Crippen LogP) is 1.70. The maximum absolute atomic E-state index is 11.8. The molecule has 1 aromatic carbocycles. The number of anilines is 1. The number of benzene rings is 1. The van der Waals surface area contributed by atoms with E-state index in [1.807, 2.05) is 0 Å². The van der Waals surface area contributed by atoms with Crippen LogP contribution in [0.2, 0.25) is 0 Å². The van der Waals surface area contributed by atoms with Crippen LogP contribution in [-0.2, 0) is 11.8 Å². The average Bonchev–Trinajstić information content (AvgIpc) is 2.36. The number of hydrogen-bond acceptors (Lipinski definition) is 3. The second-order valence-electron chi connectivity index (χ2n) is 4.35. The summed E-state index contributed by atoms with van der Waals surface area (Å²) in [7, 11) is 1.71. The zero-order chi connectivity index (χ0) is 14.0. The molecule has 1 heterocycles. The van der Waals surface area contributed by atoms with Crippen molar-refractivity contribution in [2.24, 2.45) is 7.05 Å². The summed E-state index contributed by atoms with van der Waals surface area (Å²) in [6, 6.07) is 8.86. The van der Waals surface area contributed by atoms with Crippen molar-refractivity contribution in [2.75, 3.05) is 5.32 Å². The number of nitrogens with one attached hydrogen (secondary N) is 1. The van der Waals surface area contributed by atoms with E-state index in [0.717, 1.165) is 10.9 Å². The van der Waals surface area contributed by atoms with Crippen molar-refractivity contribution < 1.29 is 4.79 Å².